The molecule has 0 N–H and O–H groups in total. The Kier molecular flexibility index (Phi) is 3.80. The van der Waals surface area contributed by atoms with E-state index in [0.29, 0.717) is 23.9 Å². The van der Waals surface area contributed by atoms with Crippen LogP contribution in [0.1, 0.15) is 23.8 Å². The summed E-state index contributed by atoms with van der Waals surface area (Å²) in [5.74, 6) is 0.302. The summed E-state index contributed by atoms with van der Waals surface area (Å²) in [7, 11) is 0. The molecule has 25 heavy (non-hydrogen) atoms. The van der Waals surface area contributed by atoms with E-state index < -0.39 is 0 Å². The lowest BCUT2D eigenvalue weighted by Crippen LogP contribution is -2.24. The van der Waals surface area contributed by atoms with Crippen LogP contribution in [0.2, 0.25) is 0 Å². The molecule has 1 fully saturated rings. The molecule has 1 aromatic heterocycles. The van der Waals surface area contributed by atoms with Crippen molar-refractivity contribution in [1.82, 2.24) is 10.1 Å². The van der Waals surface area contributed by atoms with Crippen LogP contribution in [0.4, 0.5) is 10.1 Å². The van der Waals surface area contributed by atoms with Gasteiger partial charge in [0.25, 0.3) is 0 Å². The quantitative estimate of drug-likeness (QED) is 0.731. The standard InChI is InChI=1S/C19H16FN3O2/c1-12-5-7-13(8-6-12)18-21-19(25-22-18)14-9-17(24)23(11-14)16-4-2-3-15(20)10-16/h2-8,10,14H,9,11H2,1H3. The predicted octanol–water partition coefficient (Wildman–Crippen LogP) is 3.70. The average Bonchev–Trinajstić information content (AvgIpc) is 3.22. The van der Waals surface area contributed by atoms with Gasteiger partial charge in [-0.3, -0.25) is 4.79 Å². The minimum absolute atomic E-state index is 0.0781. The summed E-state index contributed by atoms with van der Waals surface area (Å²) in [6.07, 6.45) is 0.270. The molecule has 1 amide bonds. The van der Waals surface area contributed by atoms with Crippen LogP contribution in [0.15, 0.2) is 53.1 Å². The fraction of sp³-hybridized carbons (Fsp3) is 0.211. The van der Waals surface area contributed by atoms with Crippen LogP contribution < -0.4 is 4.90 Å². The molecule has 5 nitrogen and oxygen atoms in total. The molecular formula is C19H16FN3O2. The third kappa shape index (κ3) is 3.03. The maximum atomic E-state index is 13.4. The van der Waals surface area contributed by atoms with Crippen molar-refractivity contribution in [3.8, 4) is 11.4 Å². The van der Waals surface area contributed by atoms with E-state index in [9.17, 15) is 9.18 Å². The molecule has 0 radical (unpaired) electrons. The molecule has 2 aromatic carbocycles. The Bertz CT molecular complexity index is 920. The van der Waals surface area contributed by atoms with Gasteiger partial charge in [-0.15, -0.1) is 0 Å². The minimum Gasteiger partial charge on any atom is -0.339 e. The van der Waals surface area contributed by atoms with Crippen LogP contribution in [-0.2, 0) is 4.79 Å². The van der Waals surface area contributed by atoms with Gasteiger partial charge in [0.1, 0.15) is 5.82 Å². The van der Waals surface area contributed by atoms with E-state index in [0.717, 1.165) is 11.1 Å². The Labute approximate surface area is 144 Å². The molecule has 0 saturated carbocycles. The van der Waals surface area contributed by atoms with Gasteiger partial charge in [0.05, 0.1) is 5.92 Å². The minimum atomic E-state index is -0.367. The number of hydrogen-bond donors (Lipinski definition) is 0. The topological polar surface area (TPSA) is 59.2 Å². The van der Waals surface area contributed by atoms with Crippen LogP contribution >= 0.6 is 0 Å². The Morgan fingerprint density at radius 1 is 1.20 bits per heavy atom. The summed E-state index contributed by atoms with van der Waals surface area (Å²) < 4.78 is 18.8. The predicted molar refractivity (Wildman–Crippen MR) is 90.6 cm³/mol. The lowest BCUT2D eigenvalue weighted by Gasteiger charge is -2.15. The highest BCUT2D eigenvalue weighted by atomic mass is 19.1. The molecular weight excluding hydrogens is 321 g/mol. The summed E-state index contributed by atoms with van der Waals surface area (Å²) in [5, 5.41) is 4.02. The van der Waals surface area contributed by atoms with Gasteiger partial charge in [-0.2, -0.15) is 4.98 Å². The van der Waals surface area contributed by atoms with E-state index in [1.807, 2.05) is 31.2 Å². The lowest BCUT2D eigenvalue weighted by molar-refractivity contribution is -0.117. The Morgan fingerprint density at radius 2 is 2.00 bits per heavy atom. The van der Waals surface area contributed by atoms with Gasteiger partial charge in [-0.25, -0.2) is 4.39 Å². The zero-order valence-corrected chi connectivity index (χ0v) is 13.6. The number of hydrogen-bond acceptors (Lipinski definition) is 4. The first-order chi connectivity index (χ1) is 12.1. The number of carbonyl (C=O) groups excluding carboxylic acids is 1. The SMILES string of the molecule is Cc1ccc(-c2noc(C3CC(=O)N(c4cccc(F)c4)C3)n2)cc1. The zero-order valence-electron chi connectivity index (χ0n) is 13.6. The number of aromatic nitrogens is 2. The highest BCUT2D eigenvalue weighted by molar-refractivity contribution is 5.96. The van der Waals surface area contributed by atoms with Crippen molar-refractivity contribution in [2.75, 3.05) is 11.4 Å². The molecule has 6 heteroatoms. The fourth-order valence-corrected chi connectivity index (χ4v) is 2.99. The van der Waals surface area contributed by atoms with Gasteiger partial charge in [0, 0.05) is 24.2 Å². The third-order valence-corrected chi connectivity index (χ3v) is 4.35. The van der Waals surface area contributed by atoms with E-state index in [1.54, 1.807) is 17.0 Å². The van der Waals surface area contributed by atoms with E-state index in [2.05, 4.69) is 10.1 Å². The van der Waals surface area contributed by atoms with Crippen molar-refractivity contribution in [3.63, 3.8) is 0 Å². The molecule has 0 spiro atoms. The van der Waals surface area contributed by atoms with Crippen molar-refractivity contribution in [2.45, 2.75) is 19.3 Å². The number of halogens is 1. The Hall–Kier alpha value is -3.02. The molecule has 4 rings (SSSR count). The van der Waals surface area contributed by atoms with Crippen LogP contribution in [0.5, 0.6) is 0 Å². The van der Waals surface area contributed by atoms with Crippen LogP contribution in [0, 0.1) is 12.7 Å². The second-order valence-corrected chi connectivity index (χ2v) is 6.21. The molecule has 1 saturated heterocycles. The van der Waals surface area contributed by atoms with E-state index in [-0.39, 0.29) is 24.1 Å². The summed E-state index contributed by atoms with van der Waals surface area (Å²) in [5.41, 5.74) is 2.57. The fourth-order valence-electron chi connectivity index (χ4n) is 2.99. The molecule has 1 unspecified atom stereocenters. The number of aryl methyl sites for hydroxylation is 1. The monoisotopic (exact) mass is 337 g/mol. The first-order valence-corrected chi connectivity index (χ1v) is 8.07. The largest absolute Gasteiger partial charge is 0.339 e. The van der Waals surface area contributed by atoms with Gasteiger partial charge in [0.2, 0.25) is 17.6 Å². The molecule has 1 aliphatic heterocycles. The van der Waals surface area contributed by atoms with E-state index in [1.165, 1.54) is 12.1 Å². The van der Waals surface area contributed by atoms with Crippen molar-refractivity contribution >= 4 is 11.6 Å². The van der Waals surface area contributed by atoms with E-state index >= 15 is 0 Å². The van der Waals surface area contributed by atoms with Gasteiger partial charge >= 0.3 is 0 Å². The van der Waals surface area contributed by atoms with Gasteiger partial charge in [-0.05, 0) is 25.1 Å². The number of carbonyl (C=O) groups is 1. The van der Waals surface area contributed by atoms with Crippen molar-refractivity contribution < 1.29 is 13.7 Å². The number of rotatable bonds is 3. The van der Waals surface area contributed by atoms with Gasteiger partial charge in [-0.1, -0.05) is 41.1 Å². The summed E-state index contributed by atoms with van der Waals surface area (Å²) >= 11 is 0. The first-order valence-electron chi connectivity index (χ1n) is 8.07. The van der Waals surface area contributed by atoms with Gasteiger partial charge < -0.3 is 9.42 Å². The van der Waals surface area contributed by atoms with Crippen molar-refractivity contribution in [2.24, 2.45) is 0 Å². The van der Waals surface area contributed by atoms with E-state index in [4.69, 9.17) is 4.52 Å². The van der Waals surface area contributed by atoms with Crippen LogP contribution in [0.3, 0.4) is 0 Å². The normalized spacial score (nSPS) is 17.3. The average molecular weight is 337 g/mol. The van der Waals surface area contributed by atoms with Crippen LogP contribution in [0.25, 0.3) is 11.4 Å². The third-order valence-electron chi connectivity index (χ3n) is 4.35. The summed E-state index contributed by atoms with van der Waals surface area (Å²) in [6.45, 7) is 2.41. The second-order valence-electron chi connectivity index (χ2n) is 6.21. The molecule has 2 heterocycles. The maximum absolute atomic E-state index is 13.4. The number of amides is 1. The highest BCUT2D eigenvalue weighted by Crippen LogP contribution is 2.32. The Balaban J connectivity index is 1.55. The highest BCUT2D eigenvalue weighted by Gasteiger charge is 2.35. The first kappa shape index (κ1) is 15.5. The smallest absolute Gasteiger partial charge is 0.232 e. The molecule has 3 aromatic rings. The maximum Gasteiger partial charge on any atom is 0.232 e. The lowest BCUT2D eigenvalue weighted by atomic mass is 10.1. The molecule has 0 aliphatic carbocycles. The number of nitrogens with zero attached hydrogens (tertiary/aromatic N) is 3. The summed E-state index contributed by atoms with van der Waals surface area (Å²) in [4.78, 5) is 18.3. The second kappa shape index (κ2) is 6.12. The summed E-state index contributed by atoms with van der Waals surface area (Å²) in [6, 6.07) is 13.8. The molecule has 126 valence electrons. The van der Waals surface area contributed by atoms with Crippen molar-refractivity contribution in [3.05, 3.63) is 65.8 Å². The number of benzene rings is 2. The molecule has 0 bridgehead atoms. The van der Waals surface area contributed by atoms with Crippen LogP contribution in [-0.4, -0.2) is 22.6 Å². The van der Waals surface area contributed by atoms with Gasteiger partial charge in [0.15, 0.2) is 0 Å². The molecule has 1 aliphatic rings. The van der Waals surface area contributed by atoms with Crippen molar-refractivity contribution in [1.29, 1.82) is 0 Å². The zero-order chi connectivity index (χ0) is 17.4. The molecule has 1 atom stereocenters. The Morgan fingerprint density at radius 3 is 2.76 bits per heavy atom. The number of anilines is 1.